The highest BCUT2D eigenvalue weighted by Crippen LogP contribution is 2.64. The van der Waals surface area contributed by atoms with Gasteiger partial charge in [-0.15, -0.1) is 12.4 Å². The quantitative estimate of drug-likeness (QED) is 0.654. The Bertz CT molecular complexity index is 186. The summed E-state index contributed by atoms with van der Waals surface area (Å²) in [6.07, 6.45) is -2.16. The second kappa shape index (κ2) is 3.31. The van der Waals surface area contributed by atoms with Gasteiger partial charge >= 0.3 is 6.18 Å². The Morgan fingerprint density at radius 3 is 2.08 bits per heavy atom. The fourth-order valence-corrected chi connectivity index (χ4v) is 2.29. The molecule has 1 N–H and O–H groups in total. The van der Waals surface area contributed by atoms with Crippen molar-refractivity contribution in [3.05, 3.63) is 0 Å². The van der Waals surface area contributed by atoms with E-state index in [0.29, 0.717) is 19.3 Å². The van der Waals surface area contributed by atoms with Crippen LogP contribution in [0.1, 0.15) is 19.3 Å². The van der Waals surface area contributed by atoms with Gasteiger partial charge in [0, 0.05) is 0 Å². The molecule has 1 saturated carbocycles. The van der Waals surface area contributed by atoms with Gasteiger partial charge in [0.1, 0.15) is 0 Å². The van der Waals surface area contributed by atoms with Crippen LogP contribution in [0.5, 0.6) is 0 Å². The van der Waals surface area contributed by atoms with Gasteiger partial charge in [-0.25, -0.2) is 0 Å². The molecule has 0 amide bonds. The maximum Gasteiger partial charge on any atom is 0.392 e. The Morgan fingerprint density at radius 2 is 1.69 bits per heavy atom. The van der Waals surface area contributed by atoms with Crippen molar-refractivity contribution in [1.82, 2.24) is 5.32 Å². The van der Waals surface area contributed by atoms with E-state index in [0.717, 1.165) is 13.1 Å². The third-order valence-corrected chi connectivity index (χ3v) is 3.18. The summed E-state index contributed by atoms with van der Waals surface area (Å²) in [5.41, 5.74) is -0.358. The minimum absolute atomic E-state index is 0. The van der Waals surface area contributed by atoms with Crippen LogP contribution >= 0.6 is 12.4 Å². The molecule has 1 unspecified atom stereocenters. The zero-order chi connectivity index (χ0) is 8.82. The zero-order valence-electron chi connectivity index (χ0n) is 7.16. The van der Waals surface area contributed by atoms with E-state index in [-0.39, 0.29) is 17.8 Å². The smallest absolute Gasteiger partial charge is 0.317 e. The first-order valence-electron chi connectivity index (χ1n) is 4.32. The molecule has 13 heavy (non-hydrogen) atoms. The number of hydrogen-bond acceptors (Lipinski definition) is 1. The van der Waals surface area contributed by atoms with Gasteiger partial charge in [-0.05, 0) is 37.8 Å². The largest absolute Gasteiger partial charge is 0.392 e. The Balaban J connectivity index is 0.000000845. The molecular formula is C8H13ClF3N. The predicted molar refractivity (Wildman–Crippen MR) is 45.9 cm³/mol. The number of nitrogens with one attached hydrogen (secondary N) is 1. The molecule has 0 radical (unpaired) electrons. The van der Waals surface area contributed by atoms with E-state index >= 15 is 0 Å². The minimum atomic E-state index is -3.95. The molecule has 1 saturated heterocycles. The molecule has 1 atom stereocenters. The first kappa shape index (κ1) is 11.1. The minimum Gasteiger partial charge on any atom is -0.317 e. The zero-order valence-corrected chi connectivity index (χ0v) is 7.97. The monoisotopic (exact) mass is 215 g/mol. The highest BCUT2D eigenvalue weighted by Gasteiger charge is 2.65. The molecule has 5 heteroatoms. The first-order valence-corrected chi connectivity index (χ1v) is 4.32. The lowest BCUT2D eigenvalue weighted by molar-refractivity contribution is -0.157. The van der Waals surface area contributed by atoms with E-state index in [1.165, 1.54) is 0 Å². The van der Waals surface area contributed by atoms with Crippen molar-refractivity contribution in [2.75, 3.05) is 13.1 Å². The van der Waals surface area contributed by atoms with Crippen LogP contribution in [0.15, 0.2) is 0 Å². The van der Waals surface area contributed by atoms with Crippen LogP contribution < -0.4 is 5.32 Å². The van der Waals surface area contributed by atoms with Gasteiger partial charge in [0.2, 0.25) is 0 Å². The molecule has 2 fully saturated rings. The van der Waals surface area contributed by atoms with Crippen molar-refractivity contribution in [2.24, 2.45) is 11.3 Å². The van der Waals surface area contributed by atoms with Crippen molar-refractivity contribution in [2.45, 2.75) is 25.4 Å². The van der Waals surface area contributed by atoms with E-state index in [2.05, 4.69) is 5.32 Å². The van der Waals surface area contributed by atoms with E-state index in [1.807, 2.05) is 0 Å². The number of halogens is 4. The molecule has 0 bridgehead atoms. The Morgan fingerprint density at radius 1 is 1.15 bits per heavy atom. The molecule has 2 aliphatic rings. The number of piperidine rings is 1. The summed E-state index contributed by atoms with van der Waals surface area (Å²) in [5, 5.41) is 3.09. The van der Waals surface area contributed by atoms with E-state index in [1.54, 1.807) is 0 Å². The summed E-state index contributed by atoms with van der Waals surface area (Å²) in [6, 6.07) is 0. The second-order valence-corrected chi connectivity index (χ2v) is 3.91. The average molecular weight is 216 g/mol. The fraction of sp³-hybridized carbons (Fsp3) is 1.00. The normalized spacial score (nSPS) is 31.2. The van der Waals surface area contributed by atoms with Crippen LogP contribution in [-0.2, 0) is 0 Å². The number of alkyl halides is 3. The van der Waals surface area contributed by atoms with E-state index in [9.17, 15) is 13.2 Å². The predicted octanol–water partition coefficient (Wildman–Crippen LogP) is 2.36. The molecule has 1 nitrogen and oxygen atoms in total. The standard InChI is InChI=1S/C8H12F3N.ClH/c9-8(10,11)6-5-7(6)1-3-12-4-2-7;/h6,12H,1-5H2;1H. The van der Waals surface area contributed by atoms with Crippen LogP contribution in [-0.4, -0.2) is 19.3 Å². The van der Waals surface area contributed by atoms with Crippen molar-refractivity contribution >= 4 is 12.4 Å². The molecular weight excluding hydrogens is 203 g/mol. The van der Waals surface area contributed by atoms with Gasteiger partial charge in [-0.2, -0.15) is 13.2 Å². The Labute approximate surface area is 81.5 Å². The van der Waals surface area contributed by atoms with Gasteiger partial charge in [-0.3, -0.25) is 0 Å². The highest BCUT2D eigenvalue weighted by atomic mass is 35.5. The summed E-state index contributed by atoms with van der Waals surface area (Å²) in [7, 11) is 0. The van der Waals surface area contributed by atoms with Gasteiger partial charge in [0.05, 0.1) is 5.92 Å². The summed E-state index contributed by atoms with van der Waals surface area (Å²) < 4.78 is 36.7. The first-order chi connectivity index (χ1) is 5.55. The topological polar surface area (TPSA) is 12.0 Å². The van der Waals surface area contributed by atoms with Gasteiger partial charge in [0.15, 0.2) is 0 Å². The SMILES string of the molecule is Cl.FC(F)(F)C1CC12CCNCC2. The molecule has 78 valence electrons. The molecule has 0 aromatic carbocycles. The lowest BCUT2D eigenvalue weighted by atomic mass is 9.92. The Hall–Kier alpha value is 0.0400. The Kier molecular flexibility index (Phi) is 2.83. The molecule has 1 aliphatic carbocycles. The molecule has 1 heterocycles. The summed E-state index contributed by atoms with van der Waals surface area (Å²) in [4.78, 5) is 0. The van der Waals surface area contributed by atoms with Crippen molar-refractivity contribution < 1.29 is 13.2 Å². The molecule has 0 aromatic heterocycles. The molecule has 1 aliphatic heterocycles. The van der Waals surface area contributed by atoms with Gasteiger partial charge in [-0.1, -0.05) is 0 Å². The van der Waals surface area contributed by atoms with Crippen molar-refractivity contribution in [1.29, 1.82) is 0 Å². The van der Waals surface area contributed by atoms with Crippen LogP contribution in [0.25, 0.3) is 0 Å². The van der Waals surface area contributed by atoms with Gasteiger partial charge in [0.25, 0.3) is 0 Å². The van der Waals surface area contributed by atoms with Crippen LogP contribution in [0.3, 0.4) is 0 Å². The molecule has 0 aromatic rings. The van der Waals surface area contributed by atoms with Crippen LogP contribution in [0.4, 0.5) is 13.2 Å². The van der Waals surface area contributed by atoms with Crippen molar-refractivity contribution in [3.8, 4) is 0 Å². The molecule has 1 spiro atoms. The highest BCUT2D eigenvalue weighted by molar-refractivity contribution is 5.85. The molecule has 2 rings (SSSR count). The third kappa shape index (κ3) is 1.94. The van der Waals surface area contributed by atoms with Crippen LogP contribution in [0, 0.1) is 11.3 Å². The lowest BCUT2D eigenvalue weighted by Crippen LogP contribution is -2.32. The third-order valence-electron chi connectivity index (χ3n) is 3.18. The summed E-state index contributed by atoms with van der Waals surface area (Å²) in [5.74, 6) is -0.993. The number of rotatable bonds is 0. The summed E-state index contributed by atoms with van der Waals surface area (Å²) >= 11 is 0. The van der Waals surface area contributed by atoms with Gasteiger partial charge < -0.3 is 5.32 Å². The average Bonchev–Trinajstić information content (AvgIpc) is 2.65. The van der Waals surface area contributed by atoms with E-state index in [4.69, 9.17) is 0 Å². The lowest BCUT2D eigenvalue weighted by Gasteiger charge is -2.24. The maximum absolute atomic E-state index is 12.2. The fourth-order valence-electron chi connectivity index (χ4n) is 2.29. The van der Waals surface area contributed by atoms with Crippen LogP contribution in [0.2, 0.25) is 0 Å². The maximum atomic E-state index is 12.2. The van der Waals surface area contributed by atoms with Crippen molar-refractivity contribution in [3.63, 3.8) is 0 Å². The van der Waals surface area contributed by atoms with E-state index < -0.39 is 12.1 Å². The summed E-state index contributed by atoms with van der Waals surface area (Å²) in [6.45, 7) is 1.51. The second-order valence-electron chi connectivity index (χ2n) is 3.91. The number of hydrogen-bond donors (Lipinski definition) is 1.